The van der Waals surface area contributed by atoms with E-state index in [1.165, 1.54) is 6.42 Å². The summed E-state index contributed by atoms with van der Waals surface area (Å²) >= 11 is 6.83. The van der Waals surface area contributed by atoms with Crippen LogP contribution >= 0.6 is 11.6 Å². The molecule has 0 N–H and O–H groups in total. The Balaban J connectivity index is 1.47. The Labute approximate surface area is 166 Å². The molecule has 0 spiro atoms. The van der Waals surface area contributed by atoms with Crippen LogP contribution in [0.15, 0.2) is 30.3 Å². The van der Waals surface area contributed by atoms with Gasteiger partial charge in [-0.05, 0) is 76.3 Å². The second kappa shape index (κ2) is 6.80. The van der Waals surface area contributed by atoms with E-state index >= 15 is 0 Å². The van der Waals surface area contributed by atoms with Gasteiger partial charge in [-0.2, -0.15) is 0 Å². The van der Waals surface area contributed by atoms with Crippen molar-refractivity contribution >= 4 is 29.2 Å². The third kappa shape index (κ3) is 3.37. The maximum absolute atomic E-state index is 13.1. The highest BCUT2D eigenvalue weighted by Crippen LogP contribution is 2.64. The average molecular weight is 390 g/mol. The Morgan fingerprint density at radius 2 is 1.81 bits per heavy atom. The van der Waals surface area contributed by atoms with E-state index in [0.717, 1.165) is 31.4 Å². The maximum atomic E-state index is 13.1. The lowest BCUT2D eigenvalue weighted by molar-refractivity contribution is -0.176. The van der Waals surface area contributed by atoms with E-state index in [9.17, 15) is 9.59 Å². The molecule has 5 rings (SSSR count). The lowest BCUT2D eigenvalue weighted by Crippen LogP contribution is -2.57. The highest BCUT2D eigenvalue weighted by Gasteiger charge is 2.61. The van der Waals surface area contributed by atoms with Gasteiger partial charge in [0.05, 0.1) is 5.41 Å². The summed E-state index contributed by atoms with van der Waals surface area (Å²) in [6.45, 7) is 4.14. The van der Waals surface area contributed by atoms with E-state index in [2.05, 4.69) is 0 Å². The van der Waals surface area contributed by atoms with Crippen molar-refractivity contribution in [2.45, 2.75) is 63.4 Å². The van der Waals surface area contributed by atoms with Gasteiger partial charge in [-0.15, -0.1) is 11.6 Å². The summed E-state index contributed by atoms with van der Waals surface area (Å²) in [5.74, 6) is 0.659. The summed E-state index contributed by atoms with van der Waals surface area (Å²) in [7, 11) is 0. The number of carbonyl (C=O) groups excluding carboxylic acids is 2. The van der Waals surface area contributed by atoms with Gasteiger partial charge in [0.2, 0.25) is 0 Å². The number of hydrogen-bond donors (Lipinski definition) is 0. The van der Waals surface area contributed by atoms with Crippen LogP contribution in [0.2, 0.25) is 0 Å². The average Bonchev–Trinajstić information content (AvgIpc) is 2.61. The van der Waals surface area contributed by atoms with Gasteiger partial charge in [-0.3, -0.25) is 9.59 Å². The minimum absolute atomic E-state index is 0.178. The molecule has 4 saturated carbocycles. The Hall–Kier alpha value is -1.55. The predicted molar refractivity (Wildman–Crippen MR) is 106 cm³/mol. The number of likely N-dealkylation sites (N-methyl/N-ethyl adjacent to an activating group) is 1. The summed E-state index contributed by atoms with van der Waals surface area (Å²) < 4.78 is 5.76. The monoisotopic (exact) mass is 389 g/mol. The molecule has 2 unspecified atom stereocenters. The minimum atomic E-state index is -0.795. The fraction of sp³-hybridized carbons (Fsp3) is 0.636. The fourth-order valence-electron chi connectivity index (χ4n) is 6.02. The molecule has 4 nitrogen and oxygen atoms in total. The highest BCUT2D eigenvalue weighted by atomic mass is 35.5. The zero-order chi connectivity index (χ0) is 19.2. The number of anilines is 1. The molecule has 27 heavy (non-hydrogen) atoms. The summed E-state index contributed by atoms with van der Waals surface area (Å²) in [5.41, 5.74) is 0.340. The van der Waals surface area contributed by atoms with E-state index < -0.39 is 11.5 Å². The van der Waals surface area contributed by atoms with Gasteiger partial charge in [-0.1, -0.05) is 18.2 Å². The van der Waals surface area contributed by atoms with Crippen LogP contribution in [0.5, 0.6) is 0 Å². The molecule has 0 radical (unpaired) electrons. The topological polar surface area (TPSA) is 46.6 Å². The second-order valence-corrected chi connectivity index (χ2v) is 9.66. The van der Waals surface area contributed by atoms with Gasteiger partial charge in [0, 0.05) is 17.1 Å². The third-order valence-electron chi connectivity index (χ3n) is 6.70. The van der Waals surface area contributed by atoms with Crippen LogP contribution in [0.3, 0.4) is 0 Å². The number of alkyl halides is 1. The first kappa shape index (κ1) is 18.8. The number of nitrogens with zero attached hydrogens (tertiary/aromatic N) is 1. The lowest BCUT2D eigenvalue weighted by atomic mass is 9.49. The van der Waals surface area contributed by atoms with E-state index in [4.69, 9.17) is 16.3 Å². The molecule has 0 heterocycles. The molecule has 4 aliphatic carbocycles. The van der Waals surface area contributed by atoms with Crippen molar-refractivity contribution in [1.29, 1.82) is 0 Å². The molecule has 0 saturated heterocycles. The van der Waals surface area contributed by atoms with E-state index in [1.54, 1.807) is 11.8 Å². The Morgan fingerprint density at radius 3 is 2.37 bits per heavy atom. The molecule has 5 heteroatoms. The van der Waals surface area contributed by atoms with Crippen molar-refractivity contribution < 1.29 is 14.3 Å². The number of ether oxygens (including phenoxy) is 1. The molecular weight excluding hydrogens is 362 g/mol. The molecule has 4 bridgehead atoms. The molecule has 0 aliphatic heterocycles. The summed E-state index contributed by atoms with van der Waals surface area (Å²) in [4.78, 5) is 27.5. The zero-order valence-electron chi connectivity index (χ0n) is 16.1. The summed E-state index contributed by atoms with van der Waals surface area (Å²) in [6.07, 6.45) is 4.87. The van der Waals surface area contributed by atoms with Crippen molar-refractivity contribution in [1.82, 2.24) is 0 Å². The molecular formula is C22H28ClNO3. The van der Waals surface area contributed by atoms with Gasteiger partial charge < -0.3 is 9.64 Å². The molecule has 146 valence electrons. The predicted octanol–water partition coefficient (Wildman–Crippen LogP) is 4.55. The summed E-state index contributed by atoms with van der Waals surface area (Å²) in [6, 6.07) is 9.51. The van der Waals surface area contributed by atoms with Crippen LogP contribution in [-0.2, 0) is 14.3 Å². The van der Waals surface area contributed by atoms with Crippen molar-refractivity contribution in [2.75, 3.05) is 11.4 Å². The van der Waals surface area contributed by atoms with Crippen LogP contribution < -0.4 is 4.90 Å². The van der Waals surface area contributed by atoms with E-state index in [0.29, 0.717) is 24.8 Å². The normalized spacial score (nSPS) is 34.9. The first-order chi connectivity index (χ1) is 12.8. The quantitative estimate of drug-likeness (QED) is 0.548. The number of amides is 1. The van der Waals surface area contributed by atoms with Crippen LogP contribution in [0.25, 0.3) is 0 Å². The number of halogens is 1. The standard InChI is InChI=1S/C22H28ClNO3/c1-3-24(18-7-5-4-6-8-18)19(25)15(2)27-20(26)21-10-16-9-17(11-21)13-22(23,12-16)14-21/h4-8,15-17H,3,9-14H2,1-2H3/t15-,16-,17+,21?,22?/m0/s1. The Morgan fingerprint density at radius 1 is 1.19 bits per heavy atom. The SMILES string of the molecule is CCN(C(=O)[C@H](C)OC(=O)C12C[C@@H]3C[C@@H](CC(Cl)(C3)C1)C2)c1ccccc1. The van der Waals surface area contributed by atoms with Gasteiger partial charge in [-0.25, -0.2) is 0 Å². The molecule has 4 aliphatic rings. The number of esters is 1. The molecule has 1 aromatic rings. The smallest absolute Gasteiger partial charge is 0.312 e. The van der Waals surface area contributed by atoms with Gasteiger partial charge in [0.25, 0.3) is 5.91 Å². The third-order valence-corrected chi connectivity index (χ3v) is 7.15. The van der Waals surface area contributed by atoms with E-state index in [1.807, 2.05) is 37.3 Å². The number of carbonyl (C=O) groups is 2. The van der Waals surface area contributed by atoms with Gasteiger partial charge >= 0.3 is 5.97 Å². The van der Waals surface area contributed by atoms with Crippen LogP contribution in [0.1, 0.15) is 52.4 Å². The van der Waals surface area contributed by atoms with Crippen LogP contribution in [0, 0.1) is 17.3 Å². The van der Waals surface area contributed by atoms with E-state index in [-0.39, 0.29) is 16.8 Å². The first-order valence-corrected chi connectivity index (χ1v) is 10.5. The van der Waals surface area contributed by atoms with Crippen molar-refractivity contribution in [3.8, 4) is 0 Å². The largest absolute Gasteiger partial charge is 0.452 e. The van der Waals surface area contributed by atoms with Gasteiger partial charge in [0.15, 0.2) is 6.10 Å². The highest BCUT2D eigenvalue weighted by molar-refractivity contribution is 6.24. The fourth-order valence-corrected chi connectivity index (χ4v) is 6.71. The number of rotatable bonds is 5. The Bertz CT molecular complexity index is 720. The maximum Gasteiger partial charge on any atom is 0.312 e. The number of para-hydroxylation sites is 1. The zero-order valence-corrected chi connectivity index (χ0v) is 16.9. The molecule has 0 aromatic heterocycles. The van der Waals surface area contributed by atoms with Gasteiger partial charge in [0.1, 0.15) is 0 Å². The molecule has 5 atom stereocenters. The molecule has 1 aromatic carbocycles. The second-order valence-electron chi connectivity index (χ2n) is 8.86. The number of benzene rings is 1. The summed E-state index contributed by atoms with van der Waals surface area (Å²) in [5, 5.41) is 0. The lowest BCUT2D eigenvalue weighted by Gasteiger charge is -2.58. The van der Waals surface area contributed by atoms with Crippen molar-refractivity contribution in [3.63, 3.8) is 0 Å². The number of hydrogen-bond acceptors (Lipinski definition) is 3. The van der Waals surface area contributed by atoms with Crippen molar-refractivity contribution in [3.05, 3.63) is 30.3 Å². The minimum Gasteiger partial charge on any atom is -0.452 e. The van der Waals surface area contributed by atoms with Crippen molar-refractivity contribution in [2.24, 2.45) is 17.3 Å². The van der Waals surface area contributed by atoms with Crippen LogP contribution in [0.4, 0.5) is 5.69 Å². The first-order valence-electron chi connectivity index (χ1n) is 10.1. The van der Waals surface area contributed by atoms with Crippen LogP contribution in [-0.4, -0.2) is 29.4 Å². The molecule has 1 amide bonds. The Kier molecular flexibility index (Phi) is 4.74. The molecule has 4 fully saturated rings.